The second-order valence-corrected chi connectivity index (χ2v) is 10.4. The molecule has 0 aromatic carbocycles. The summed E-state index contributed by atoms with van der Waals surface area (Å²) in [7, 11) is -1.87. The minimum absolute atomic E-state index is 0.0516. The van der Waals surface area contributed by atoms with Gasteiger partial charge in [-0.3, -0.25) is 4.79 Å². The first-order valence-electron chi connectivity index (χ1n) is 9.84. The number of thioether (sulfide) groups is 1. The average molecular weight is 428 g/mol. The number of ether oxygens (including phenoxy) is 1. The molecule has 0 spiro atoms. The second-order valence-electron chi connectivity index (χ2n) is 7.46. The number of pyridine rings is 1. The van der Waals surface area contributed by atoms with Crippen LogP contribution in [0.2, 0.25) is 0 Å². The molecule has 0 bridgehead atoms. The molecule has 1 aliphatic carbocycles. The van der Waals surface area contributed by atoms with Crippen LogP contribution in [-0.2, 0) is 19.6 Å². The minimum Gasteiger partial charge on any atom is -0.375 e. The number of hydrogen-bond acceptors (Lipinski definition) is 6. The first kappa shape index (κ1) is 21.5. The third-order valence-electron chi connectivity index (χ3n) is 5.41. The van der Waals surface area contributed by atoms with Crippen LogP contribution in [-0.4, -0.2) is 73.2 Å². The van der Waals surface area contributed by atoms with E-state index in [1.807, 2.05) is 6.92 Å². The van der Waals surface area contributed by atoms with Gasteiger partial charge < -0.3 is 9.64 Å². The van der Waals surface area contributed by atoms with Gasteiger partial charge in [-0.15, -0.1) is 0 Å². The quantitative estimate of drug-likeness (QED) is 0.649. The summed E-state index contributed by atoms with van der Waals surface area (Å²) in [4.78, 5) is 18.6. The number of carbonyl (C=O) groups is 1. The molecule has 0 N–H and O–H groups in total. The highest BCUT2D eigenvalue weighted by Crippen LogP contribution is 2.27. The summed E-state index contributed by atoms with van der Waals surface area (Å²) in [6, 6.07) is 3.34. The molecule has 2 heterocycles. The Morgan fingerprint density at radius 1 is 1.32 bits per heavy atom. The molecule has 1 unspecified atom stereocenters. The lowest BCUT2D eigenvalue weighted by atomic mass is 9.96. The first-order chi connectivity index (χ1) is 13.4. The Labute approximate surface area is 171 Å². The van der Waals surface area contributed by atoms with Gasteiger partial charge in [-0.25, -0.2) is 13.4 Å². The van der Waals surface area contributed by atoms with Crippen molar-refractivity contribution in [2.75, 3.05) is 32.5 Å². The van der Waals surface area contributed by atoms with Crippen LogP contribution in [0.4, 0.5) is 0 Å². The van der Waals surface area contributed by atoms with Crippen LogP contribution in [0.15, 0.2) is 28.3 Å². The SMILES string of the molecule is CC1CN(C(=O)CSc2ccc(S(=O)(=O)N(C)C3CCCCC3)cn2)CCO1. The summed E-state index contributed by atoms with van der Waals surface area (Å²) in [6.45, 7) is 3.74. The standard InChI is InChI=1S/C19H29N3O4S2/c1-15-13-22(10-11-26-15)19(23)14-27-18-9-8-17(12-20-18)28(24,25)21(2)16-6-4-3-5-7-16/h8-9,12,15-16H,3-7,10-11,13-14H2,1-2H3. The van der Waals surface area contributed by atoms with Crippen molar-refractivity contribution in [3.05, 3.63) is 18.3 Å². The molecule has 1 aromatic rings. The summed E-state index contributed by atoms with van der Waals surface area (Å²) >= 11 is 1.33. The molecule has 1 amide bonds. The Morgan fingerprint density at radius 3 is 2.71 bits per heavy atom. The smallest absolute Gasteiger partial charge is 0.244 e. The number of amides is 1. The van der Waals surface area contributed by atoms with Gasteiger partial charge in [-0.2, -0.15) is 4.31 Å². The molecule has 156 valence electrons. The summed E-state index contributed by atoms with van der Waals surface area (Å²) < 4.78 is 32.7. The fourth-order valence-corrected chi connectivity index (χ4v) is 5.79. The molecule has 1 saturated heterocycles. The number of nitrogens with zero attached hydrogens (tertiary/aromatic N) is 3. The number of rotatable bonds is 6. The van der Waals surface area contributed by atoms with Crippen molar-refractivity contribution in [3.63, 3.8) is 0 Å². The van der Waals surface area contributed by atoms with Crippen molar-refractivity contribution >= 4 is 27.7 Å². The molecule has 3 rings (SSSR count). The number of aromatic nitrogens is 1. The van der Waals surface area contributed by atoms with Gasteiger partial charge in [0.1, 0.15) is 4.90 Å². The van der Waals surface area contributed by atoms with Gasteiger partial charge in [0.05, 0.1) is 23.5 Å². The number of hydrogen-bond donors (Lipinski definition) is 0. The first-order valence-corrected chi connectivity index (χ1v) is 12.3. The fraction of sp³-hybridized carbons (Fsp3) is 0.684. The number of morpholine rings is 1. The molecule has 0 radical (unpaired) electrons. The van der Waals surface area contributed by atoms with Crippen LogP contribution in [0.3, 0.4) is 0 Å². The predicted octanol–water partition coefficient (Wildman–Crippen LogP) is 2.37. The summed E-state index contributed by atoms with van der Waals surface area (Å²) in [5.74, 6) is 0.337. The largest absolute Gasteiger partial charge is 0.375 e. The van der Waals surface area contributed by atoms with Crippen molar-refractivity contribution in [3.8, 4) is 0 Å². The lowest BCUT2D eigenvalue weighted by Crippen LogP contribution is -2.45. The lowest BCUT2D eigenvalue weighted by molar-refractivity contribution is -0.135. The average Bonchev–Trinajstić information content (AvgIpc) is 2.72. The monoisotopic (exact) mass is 427 g/mol. The van der Waals surface area contributed by atoms with Gasteiger partial charge in [0.2, 0.25) is 15.9 Å². The van der Waals surface area contributed by atoms with Gasteiger partial charge in [-0.1, -0.05) is 31.0 Å². The Hall–Kier alpha value is -1.16. The van der Waals surface area contributed by atoms with Gasteiger partial charge in [0.25, 0.3) is 0 Å². The third-order valence-corrected chi connectivity index (χ3v) is 8.23. The van der Waals surface area contributed by atoms with Crippen molar-refractivity contribution in [2.24, 2.45) is 0 Å². The highest BCUT2D eigenvalue weighted by Gasteiger charge is 2.29. The Morgan fingerprint density at radius 2 is 2.07 bits per heavy atom. The predicted molar refractivity (Wildman–Crippen MR) is 109 cm³/mol. The molecule has 1 atom stereocenters. The van der Waals surface area contributed by atoms with E-state index >= 15 is 0 Å². The zero-order chi connectivity index (χ0) is 20.1. The van der Waals surface area contributed by atoms with Crippen LogP contribution in [0.25, 0.3) is 0 Å². The van der Waals surface area contributed by atoms with Crippen molar-refractivity contribution in [1.82, 2.24) is 14.2 Å². The fourth-order valence-electron chi connectivity index (χ4n) is 3.68. The number of carbonyl (C=O) groups excluding carboxylic acids is 1. The van der Waals surface area contributed by atoms with E-state index in [0.717, 1.165) is 25.7 Å². The lowest BCUT2D eigenvalue weighted by Gasteiger charge is -2.31. The molecule has 2 aliphatic rings. The molecule has 7 nitrogen and oxygen atoms in total. The van der Waals surface area contributed by atoms with E-state index < -0.39 is 10.0 Å². The maximum absolute atomic E-state index is 12.9. The van der Waals surface area contributed by atoms with Crippen LogP contribution in [0.5, 0.6) is 0 Å². The maximum atomic E-state index is 12.9. The third kappa shape index (κ3) is 5.25. The van der Waals surface area contributed by atoms with Gasteiger partial charge in [-0.05, 0) is 31.9 Å². The number of sulfonamides is 1. The Bertz CT molecular complexity index is 764. The van der Waals surface area contributed by atoms with Crippen LogP contribution >= 0.6 is 11.8 Å². The molecular formula is C19H29N3O4S2. The summed E-state index contributed by atoms with van der Waals surface area (Å²) in [5.41, 5.74) is 0. The topological polar surface area (TPSA) is 79.8 Å². The van der Waals surface area contributed by atoms with Crippen LogP contribution in [0, 0.1) is 0 Å². The van der Waals surface area contributed by atoms with Crippen molar-refractivity contribution in [1.29, 1.82) is 0 Å². The van der Waals surface area contributed by atoms with Gasteiger partial charge in [0.15, 0.2) is 0 Å². The summed E-state index contributed by atoms with van der Waals surface area (Å²) in [6.07, 6.45) is 6.63. The Kier molecular flexibility index (Phi) is 7.36. The molecule has 1 saturated carbocycles. The molecule has 28 heavy (non-hydrogen) atoms. The van der Waals surface area contributed by atoms with Gasteiger partial charge >= 0.3 is 0 Å². The zero-order valence-corrected chi connectivity index (χ0v) is 18.2. The maximum Gasteiger partial charge on any atom is 0.244 e. The Balaban J connectivity index is 1.57. The van der Waals surface area contributed by atoms with Crippen molar-refractivity contribution in [2.45, 2.75) is 61.1 Å². The second kappa shape index (κ2) is 9.56. The molecule has 1 aromatic heterocycles. The van der Waals surface area contributed by atoms with E-state index in [4.69, 9.17) is 4.74 Å². The minimum atomic E-state index is -3.54. The van der Waals surface area contributed by atoms with Crippen molar-refractivity contribution < 1.29 is 17.9 Å². The molecule has 1 aliphatic heterocycles. The van der Waals surface area contributed by atoms with E-state index in [9.17, 15) is 13.2 Å². The normalized spacial score (nSPS) is 21.8. The van der Waals surface area contributed by atoms with E-state index in [-0.39, 0.29) is 28.7 Å². The summed E-state index contributed by atoms with van der Waals surface area (Å²) in [5, 5.41) is 0.647. The highest BCUT2D eigenvalue weighted by atomic mass is 32.2. The van der Waals surface area contributed by atoms with Crippen LogP contribution < -0.4 is 0 Å². The molecular weight excluding hydrogens is 398 g/mol. The van der Waals surface area contributed by atoms with E-state index in [1.54, 1.807) is 24.1 Å². The van der Waals surface area contributed by atoms with E-state index in [0.29, 0.717) is 24.7 Å². The van der Waals surface area contributed by atoms with Gasteiger partial charge in [0, 0.05) is 32.4 Å². The van der Waals surface area contributed by atoms with Crippen LogP contribution in [0.1, 0.15) is 39.0 Å². The van der Waals surface area contributed by atoms with E-state index in [2.05, 4.69) is 4.98 Å². The molecule has 2 fully saturated rings. The highest BCUT2D eigenvalue weighted by molar-refractivity contribution is 7.99. The zero-order valence-electron chi connectivity index (χ0n) is 16.5. The molecule has 9 heteroatoms. The van der Waals surface area contributed by atoms with E-state index in [1.165, 1.54) is 28.7 Å².